The Hall–Kier alpha value is -4.54. The fourth-order valence-electron chi connectivity index (χ4n) is 3.41. The lowest BCUT2D eigenvalue weighted by molar-refractivity contribution is 0.0552. The third-order valence-electron chi connectivity index (χ3n) is 5.03. The summed E-state index contributed by atoms with van der Waals surface area (Å²) in [7, 11) is 1.71. The molecule has 1 aliphatic heterocycles. The first-order valence-electron chi connectivity index (χ1n) is 12.4. The van der Waals surface area contributed by atoms with Gasteiger partial charge in [0.25, 0.3) is 11.8 Å². The molecule has 0 fully saturated rings. The Morgan fingerprint density at radius 2 is 1.85 bits per heavy atom. The highest BCUT2D eigenvalue weighted by molar-refractivity contribution is 6.06. The molecule has 3 amide bonds. The Labute approximate surface area is 227 Å². The largest absolute Gasteiger partial charge is 0.491 e. The Balaban J connectivity index is 1.81. The SMILES string of the molecule is CC(C)Oc1cc(Oc2ccc3c(c2)OCCN(C)C3=O)cc(C(=O)N=C(N)/C=C\NC(=O)OC(C)(C)C)c1. The van der Waals surface area contributed by atoms with Gasteiger partial charge < -0.3 is 29.6 Å². The molecule has 0 aromatic heterocycles. The third kappa shape index (κ3) is 8.77. The van der Waals surface area contributed by atoms with Crippen molar-refractivity contribution in [3.63, 3.8) is 0 Å². The molecule has 0 saturated heterocycles. The number of alkyl carbamates (subject to hydrolysis) is 1. The predicted octanol–water partition coefficient (Wildman–Crippen LogP) is 4.27. The number of hydrogen-bond acceptors (Lipinski definition) is 7. The Kier molecular flexibility index (Phi) is 9.18. The summed E-state index contributed by atoms with van der Waals surface area (Å²) in [4.78, 5) is 42.6. The van der Waals surface area contributed by atoms with Crippen molar-refractivity contribution in [2.24, 2.45) is 10.7 Å². The second kappa shape index (κ2) is 12.3. The highest BCUT2D eigenvalue weighted by atomic mass is 16.6. The molecule has 0 radical (unpaired) electrons. The van der Waals surface area contributed by atoms with Gasteiger partial charge in [-0.15, -0.1) is 0 Å². The molecule has 39 heavy (non-hydrogen) atoms. The summed E-state index contributed by atoms with van der Waals surface area (Å²) in [5, 5.41) is 2.39. The van der Waals surface area contributed by atoms with E-state index in [2.05, 4.69) is 10.3 Å². The van der Waals surface area contributed by atoms with E-state index in [1.54, 1.807) is 57.0 Å². The zero-order valence-electron chi connectivity index (χ0n) is 22.9. The predicted molar refractivity (Wildman–Crippen MR) is 146 cm³/mol. The Bertz CT molecular complexity index is 1300. The van der Waals surface area contributed by atoms with Gasteiger partial charge in [0, 0.05) is 30.9 Å². The monoisotopic (exact) mass is 538 g/mol. The molecule has 3 rings (SSSR count). The smallest absolute Gasteiger partial charge is 0.411 e. The van der Waals surface area contributed by atoms with E-state index >= 15 is 0 Å². The molecule has 0 saturated carbocycles. The van der Waals surface area contributed by atoms with Crippen molar-refractivity contribution < 1.29 is 33.3 Å². The van der Waals surface area contributed by atoms with Crippen molar-refractivity contribution in [1.29, 1.82) is 0 Å². The molecular weight excluding hydrogens is 504 g/mol. The van der Waals surface area contributed by atoms with E-state index < -0.39 is 17.6 Å². The number of aliphatic imine (C=N–C) groups is 1. The van der Waals surface area contributed by atoms with Gasteiger partial charge in [0.2, 0.25) is 0 Å². The molecule has 208 valence electrons. The van der Waals surface area contributed by atoms with Gasteiger partial charge in [-0.25, -0.2) is 4.79 Å². The number of rotatable bonds is 7. The second-order valence-electron chi connectivity index (χ2n) is 10.0. The minimum Gasteiger partial charge on any atom is -0.491 e. The van der Waals surface area contributed by atoms with Gasteiger partial charge in [0.05, 0.1) is 18.2 Å². The van der Waals surface area contributed by atoms with Gasteiger partial charge >= 0.3 is 6.09 Å². The number of nitrogens with zero attached hydrogens (tertiary/aromatic N) is 2. The maximum absolute atomic E-state index is 12.9. The number of likely N-dealkylation sites (N-methyl/N-ethyl adjacent to an activating group) is 1. The van der Waals surface area contributed by atoms with Crippen molar-refractivity contribution in [2.45, 2.75) is 46.3 Å². The first-order valence-corrected chi connectivity index (χ1v) is 12.4. The molecule has 1 aliphatic rings. The van der Waals surface area contributed by atoms with Gasteiger partial charge in [0.15, 0.2) is 0 Å². The highest BCUT2D eigenvalue weighted by Gasteiger charge is 2.22. The zero-order valence-corrected chi connectivity index (χ0v) is 22.9. The van der Waals surface area contributed by atoms with Crippen LogP contribution in [0.2, 0.25) is 0 Å². The van der Waals surface area contributed by atoms with Crippen LogP contribution < -0.4 is 25.3 Å². The maximum Gasteiger partial charge on any atom is 0.411 e. The average molecular weight is 539 g/mol. The summed E-state index contributed by atoms with van der Waals surface area (Å²) >= 11 is 0. The number of nitrogens with two attached hydrogens (primary N) is 1. The molecule has 0 bridgehead atoms. The van der Waals surface area contributed by atoms with Crippen molar-refractivity contribution >= 4 is 23.7 Å². The number of amides is 3. The molecule has 1 heterocycles. The number of ether oxygens (including phenoxy) is 4. The summed E-state index contributed by atoms with van der Waals surface area (Å²) < 4.78 is 22.6. The van der Waals surface area contributed by atoms with Gasteiger partial charge in [-0.05, 0) is 65.0 Å². The number of amidine groups is 1. The molecule has 0 atom stereocenters. The molecule has 0 aliphatic carbocycles. The van der Waals surface area contributed by atoms with E-state index in [9.17, 15) is 14.4 Å². The fourth-order valence-corrected chi connectivity index (χ4v) is 3.41. The van der Waals surface area contributed by atoms with E-state index in [4.69, 9.17) is 24.7 Å². The second-order valence-corrected chi connectivity index (χ2v) is 10.0. The van der Waals surface area contributed by atoms with Crippen molar-refractivity contribution in [2.75, 3.05) is 20.2 Å². The lowest BCUT2D eigenvalue weighted by atomic mass is 10.1. The van der Waals surface area contributed by atoms with Crippen LogP contribution in [0.15, 0.2) is 53.7 Å². The van der Waals surface area contributed by atoms with Crippen LogP contribution in [0.4, 0.5) is 4.79 Å². The van der Waals surface area contributed by atoms with Crippen molar-refractivity contribution in [1.82, 2.24) is 10.2 Å². The van der Waals surface area contributed by atoms with E-state index in [1.807, 2.05) is 13.8 Å². The van der Waals surface area contributed by atoms with Crippen LogP contribution in [-0.4, -0.2) is 60.5 Å². The molecule has 11 nitrogen and oxygen atoms in total. The topological polar surface area (TPSA) is 142 Å². The van der Waals surface area contributed by atoms with Crippen LogP contribution in [0.25, 0.3) is 0 Å². The fraction of sp³-hybridized carbons (Fsp3) is 0.357. The summed E-state index contributed by atoms with van der Waals surface area (Å²) in [6, 6.07) is 9.58. The van der Waals surface area contributed by atoms with Crippen LogP contribution in [0.3, 0.4) is 0 Å². The Morgan fingerprint density at radius 3 is 2.54 bits per heavy atom. The van der Waals surface area contributed by atoms with Gasteiger partial charge in [0.1, 0.15) is 41.0 Å². The van der Waals surface area contributed by atoms with Crippen LogP contribution >= 0.6 is 0 Å². The quantitative estimate of drug-likeness (QED) is 0.393. The van der Waals surface area contributed by atoms with Crippen molar-refractivity contribution in [3.8, 4) is 23.0 Å². The standard InChI is InChI=1S/C28H34N4O7/c1-17(2)37-20-13-18(25(33)31-24(29)9-10-30-27(35)39-28(3,4)5)14-21(15-20)38-19-7-8-22-23(16-19)36-12-11-32(6)26(22)34/h7-10,13-17H,11-12H2,1-6H3,(H,30,35)(H2,29,31,33)/b10-9-. The minimum atomic E-state index is -0.669. The third-order valence-corrected chi connectivity index (χ3v) is 5.03. The van der Waals surface area contributed by atoms with Gasteiger partial charge in [-0.1, -0.05) is 0 Å². The number of nitrogens with one attached hydrogen (secondary N) is 1. The van der Waals surface area contributed by atoms with Crippen LogP contribution in [-0.2, 0) is 4.74 Å². The number of benzene rings is 2. The Morgan fingerprint density at radius 1 is 1.13 bits per heavy atom. The summed E-state index contributed by atoms with van der Waals surface area (Å²) in [5.74, 6) is 0.606. The molecule has 0 unspecified atom stereocenters. The van der Waals surface area contributed by atoms with Crippen LogP contribution in [0, 0.1) is 0 Å². The molecule has 2 aromatic carbocycles. The van der Waals surface area contributed by atoms with Crippen molar-refractivity contribution in [3.05, 3.63) is 59.8 Å². The summed E-state index contributed by atoms with van der Waals surface area (Å²) in [6.45, 7) is 9.74. The first kappa shape index (κ1) is 29.0. The number of fused-ring (bicyclic) bond motifs is 1. The minimum absolute atomic E-state index is 0.133. The molecular formula is C28H34N4O7. The lowest BCUT2D eigenvalue weighted by Crippen LogP contribution is -2.30. The van der Waals surface area contributed by atoms with Crippen LogP contribution in [0.5, 0.6) is 23.0 Å². The molecule has 11 heteroatoms. The zero-order chi connectivity index (χ0) is 28.7. The number of carbonyl (C=O) groups excluding carboxylic acids is 3. The number of hydrogen-bond donors (Lipinski definition) is 2. The first-order chi connectivity index (χ1) is 18.3. The van der Waals surface area contributed by atoms with Gasteiger partial charge in [-0.2, -0.15) is 4.99 Å². The summed E-state index contributed by atoms with van der Waals surface area (Å²) in [6.07, 6.45) is 1.67. The molecule has 3 N–H and O–H groups in total. The average Bonchev–Trinajstić information content (AvgIpc) is 2.95. The maximum atomic E-state index is 12.9. The normalized spacial score (nSPS) is 14.0. The molecule has 0 spiro atoms. The van der Waals surface area contributed by atoms with E-state index in [-0.39, 0.29) is 23.4 Å². The van der Waals surface area contributed by atoms with Gasteiger partial charge in [-0.3, -0.25) is 14.9 Å². The summed E-state index contributed by atoms with van der Waals surface area (Å²) in [5.41, 5.74) is 5.80. The van der Waals surface area contributed by atoms with E-state index in [0.717, 1.165) is 0 Å². The highest BCUT2D eigenvalue weighted by Crippen LogP contribution is 2.33. The lowest BCUT2D eigenvalue weighted by Gasteiger charge is -2.18. The van der Waals surface area contributed by atoms with E-state index in [0.29, 0.717) is 41.7 Å². The van der Waals surface area contributed by atoms with Crippen LogP contribution in [0.1, 0.15) is 55.3 Å². The molecule has 2 aromatic rings. The van der Waals surface area contributed by atoms with E-state index in [1.165, 1.54) is 24.4 Å². The number of carbonyl (C=O) groups is 3.